The van der Waals surface area contributed by atoms with Gasteiger partial charge in [-0.3, -0.25) is 4.79 Å². The second-order valence-corrected chi connectivity index (χ2v) is 7.46. The van der Waals surface area contributed by atoms with Crippen LogP contribution in [0.5, 0.6) is 11.5 Å². The fraction of sp³-hybridized carbons (Fsp3) is 0.167. The second kappa shape index (κ2) is 11.4. The molecular weight excluding hydrogens is 446 g/mol. The zero-order chi connectivity index (χ0) is 22.9. The third kappa shape index (κ3) is 6.35. The largest absolute Gasteiger partial charge is 0.492 e. The van der Waals surface area contributed by atoms with Crippen LogP contribution in [0.1, 0.15) is 24.2 Å². The predicted molar refractivity (Wildman–Crippen MR) is 134 cm³/mol. The normalized spacial score (nSPS) is 10.2. The summed E-state index contributed by atoms with van der Waals surface area (Å²) in [5.74, 6) is 0.784. The molecule has 0 heterocycles. The van der Waals surface area contributed by atoms with E-state index < -0.39 is 0 Å². The van der Waals surface area contributed by atoms with Gasteiger partial charge >= 0.3 is 0 Å². The number of benzene rings is 3. The number of carbonyl (C=O) groups excluding carboxylic acids is 1. The molecule has 0 aliphatic carbocycles. The average Bonchev–Trinajstić information content (AvgIpc) is 2.79. The van der Waals surface area contributed by atoms with Gasteiger partial charge in [0.25, 0.3) is 5.91 Å². The van der Waals surface area contributed by atoms with Gasteiger partial charge in [-0.1, -0.05) is 29.8 Å². The minimum atomic E-state index is -0.241. The average molecular weight is 470 g/mol. The highest BCUT2D eigenvalue weighted by molar-refractivity contribution is 7.80. The van der Waals surface area contributed by atoms with Gasteiger partial charge in [-0.25, -0.2) is 0 Å². The summed E-state index contributed by atoms with van der Waals surface area (Å²) in [5, 5.41) is 10.2. The number of anilines is 3. The molecule has 8 heteroatoms. The highest BCUT2D eigenvalue weighted by Gasteiger charge is 2.16. The third-order valence-electron chi connectivity index (χ3n) is 4.32. The molecular formula is C24H24ClN3O3S. The van der Waals surface area contributed by atoms with Crippen LogP contribution in [0.4, 0.5) is 17.1 Å². The summed E-state index contributed by atoms with van der Waals surface area (Å²) >= 11 is 11.4. The Morgan fingerprint density at radius 3 is 1.97 bits per heavy atom. The first-order valence-corrected chi connectivity index (χ1v) is 10.9. The molecule has 6 nitrogen and oxygen atoms in total. The van der Waals surface area contributed by atoms with E-state index in [2.05, 4.69) is 16.0 Å². The Bertz CT molecular complexity index is 1080. The molecule has 0 aliphatic heterocycles. The van der Waals surface area contributed by atoms with Crippen molar-refractivity contribution in [3.05, 3.63) is 77.3 Å². The van der Waals surface area contributed by atoms with Crippen LogP contribution in [0.15, 0.2) is 66.7 Å². The maximum absolute atomic E-state index is 12.7. The van der Waals surface area contributed by atoms with E-state index in [0.717, 1.165) is 5.69 Å². The van der Waals surface area contributed by atoms with E-state index in [0.29, 0.717) is 51.8 Å². The summed E-state index contributed by atoms with van der Waals surface area (Å²) in [6, 6.07) is 19.7. The van der Waals surface area contributed by atoms with E-state index in [-0.39, 0.29) is 5.91 Å². The molecule has 3 N–H and O–H groups in total. The summed E-state index contributed by atoms with van der Waals surface area (Å²) in [6.45, 7) is 4.62. The molecule has 0 spiro atoms. The summed E-state index contributed by atoms with van der Waals surface area (Å²) < 4.78 is 11.6. The summed E-state index contributed by atoms with van der Waals surface area (Å²) in [6.07, 6.45) is 0. The van der Waals surface area contributed by atoms with Crippen molar-refractivity contribution in [2.24, 2.45) is 0 Å². The molecule has 0 bridgehead atoms. The molecule has 166 valence electrons. The first-order valence-electron chi connectivity index (χ1n) is 10.1. The van der Waals surface area contributed by atoms with Crippen LogP contribution in [-0.2, 0) is 0 Å². The number of rotatable bonds is 8. The van der Waals surface area contributed by atoms with Gasteiger partial charge in [-0.15, -0.1) is 0 Å². The van der Waals surface area contributed by atoms with E-state index in [9.17, 15) is 4.79 Å². The SMILES string of the molecule is CCOc1cc(NC(=S)Nc2ccc(Cl)cc2)c(OCC)cc1NC(=O)c1ccccc1. The Balaban J connectivity index is 1.85. The van der Waals surface area contributed by atoms with E-state index in [1.165, 1.54) is 0 Å². The van der Waals surface area contributed by atoms with Crippen LogP contribution < -0.4 is 25.4 Å². The molecule has 0 saturated heterocycles. The molecule has 3 rings (SSSR count). The highest BCUT2D eigenvalue weighted by atomic mass is 35.5. The van der Waals surface area contributed by atoms with Crippen LogP contribution in [0.2, 0.25) is 5.02 Å². The van der Waals surface area contributed by atoms with Crippen molar-refractivity contribution in [3.8, 4) is 11.5 Å². The Morgan fingerprint density at radius 1 is 0.844 bits per heavy atom. The molecule has 0 fully saturated rings. The van der Waals surface area contributed by atoms with Crippen molar-refractivity contribution >= 4 is 51.9 Å². The molecule has 0 atom stereocenters. The number of hydrogen-bond donors (Lipinski definition) is 3. The van der Waals surface area contributed by atoms with Crippen LogP contribution in [0.3, 0.4) is 0 Å². The number of amides is 1. The lowest BCUT2D eigenvalue weighted by molar-refractivity contribution is 0.102. The fourth-order valence-corrected chi connectivity index (χ4v) is 3.26. The maximum Gasteiger partial charge on any atom is 0.255 e. The van der Waals surface area contributed by atoms with E-state index in [1.807, 2.05) is 44.2 Å². The zero-order valence-electron chi connectivity index (χ0n) is 17.8. The van der Waals surface area contributed by atoms with Crippen LogP contribution in [-0.4, -0.2) is 24.2 Å². The number of halogens is 1. The Kier molecular flexibility index (Phi) is 8.30. The van der Waals surface area contributed by atoms with Crippen molar-refractivity contribution in [1.82, 2.24) is 0 Å². The number of hydrogen-bond acceptors (Lipinski definition) is 4. The quantitative estimate of drug-likeness (QED) is 0.341. The van der Waals surface area contributed by atoms with Gasteiger partial charge in [0.1, 0.15) is 11.5 Å². The monoisotopic (exact) mass is 469 g/mol. The van der Waals surface area contributed by atoms with E-state index in [1.54, 1.807) is 36.4 Å². The maximum atomic E-state index is 12.7. The van der Waals surface area contributed by atoms with Crippen molar-refractivity contribution in [2.45, 2.75) is 13.8 Å². The van der Waals surface area contributed by atoms with E-state index in [4.69, 9.17) is 33.3 Å². The van der Waals surface area contributed by atoms with Gasteiger partial charge in [0.15, 0.2) is 5.11 Å². The minimum absolute atomic E-state index is 0.241. The number of thiocarbonyl (C=S) groups is 1. The third-order valence-corrected chi connectivity index (χ3v) is 4.77. The molecule has 3 aromatic rings. The first-order chi connectivity index (χ1) is 15.5. The lowest BCUT2D eigenvalue weighted by atomic mass is 10.2. The summed E-state index contributed by atoms with van der Waals surface area (Å²) in [7, 11) is 0. The summed E-state index contributed by atoms with van der Waals surface area (Å²) in [5.41, 5.74) is 2.45. The lowest BCUT2D eigenvalue weighted by Crippen LogP contribution is -2.20. The molecule has 0 unspecified atom stereocenters. The van der Waals surface area contributed by atoms with Crippen LogP contribution >= 0.6 is 23.8 Å². The molecule has 0 aromatic heterocycles. The molecule has 0 saturated carbocycles. The first kappa shape index (κ1) is 23.4. The highest BCUT2D eigenvalue weighted by Crippen LogP contribution is 2.37. The van der Waals surface area contributed by atoms with Crippen LogP contribution in [0, 0.1) is 0 Å². The van der Waals surface area contributed by atoms with Crippen molar-refractivity contribution in [2.75, 3.05) is 29.2 Å². The van der Waals surface area contributed by atoms with Gasteiger partial charge in [0, 0.05) is 28.4 Å². The van der Waals surface area contributed by atoms with Gasteiger partial charge in [0.05, 0.1) is 24.6 Å². The Labute approximate surface area is 197 Å². The zero-order valence-corrected chi connectivity index (χ0v) is 19.3. The summed E-state index contributed by atoms with van der Waals surface area (Å²) in [4.78, 5) is 12.7. The van der Waals surface area contributed by atoms with Gasteiger partial charge in [-0.2, -0.15) is 0 Å². The van der Waals surface area contributed by atoms with Crippen molar-refractivity contribution < 1.29 is 14.3 Å². The predicted octanol–water partition coefficient (Wildman–Crippen LogP) is 6.20. The molecule has 0 aliphatic rings. The lowest BCUT2D eigenvalue weighted by Gasteiger charge is -2.19. The molecule has 3 aromatic carbocycles. The molecule has 0 radical (unpaired) electrons. The number of ether oxygens (including phenoxy) is 2. The molecule has 32 heavy (non-hydrogen) atoms. The van der Waals surface area contributed by atoms with Gasteiger partial charge in [0.2, 0.25) is 0 Å². The van der Waals surface area contributed by atoms with Gasteiger partial charge < -0.3 is 25.4 Å². The number of carbonyl (C=O) groups is 1. The van der Waals surface area contributed by atoms with E-state index >= 15 is 0 Å². The van der Waals surface area contributed by atoms with Crippen LogP contribution in [0.25, 0.3) is 0 Å². The topological polar surface area (TPSA) is 71.6 Å². The van der Waals surface area contributed by atoms with Crippen molar-refractivity contribution in [3.63, 3.8) is 0 Å². The minimum Gasteiger partial charge on any atom is -0.492 e. The standard InChI is InChI=1S/C24H24ClN3O3S/c1-3-30-21-15-20(28-24(32)26-18-12-10-17(25)11-13-18)22(31-4-2)14-19(21)27-23(29)16-8-6-5-7-9-16/h5-15H,3-4H2,1-2H3,(H,27,29)(H2,26,28,32). The Hall–Kier alpha value is -3.29. The molecule has 1 amide bonds. The number of nitrogens with one attached hydrogen (secondary N) is 3. The van der Waals surface area contributed by atoms with Crippen molar-refractivity contribution in [1.29, 1.82) is 0 Å². The van der Waals surface area contributed by atoms with Gasteiger partial charge in [-0.05, 0) is 62.5 Å². The fourth-order valence-electron chi connectivity index (χ4n) is 2.91. The Morgan fingerprint density at radius 2 is 1.41 bits per heavy atom. The smallest absolute Gasteiger partial charge is 0.255 e. The second-order valence-electron chi connectivity index (χ2n) is 6.62.